The van der Waals surface area contributed by atoms with Gasteiger partial charge in [0.2, 0.25) is 5.91 Å². The van der Waals surface area contributed by atoms with E-state index in [1.54, 1.807) is 6.20 Å². The van der Waals surface area contributed by atoms with Crippen molar-refractivity contribution in [3.8, 4) is 0 Å². The smallest absolute Gasteiger partial charge is 0.222 e. The first-order chi connectivity index (χ1) is 11.1. The highest BCUT2D eigenvalue weighted by Gasteiger charge is 2.21. The molecule has 5 nitrogen and oxygen atoms in total. The number of aromatic nitrogens is 1. The molecule has 2 heterocycles. The molecule has 1 saturated heterocycles. The molecule has 1 amide bonds. The maximum atomic E-state index is 11.2. The number of β-amino-alcohol motifs (C(OH)–C–C–N with tert-alkyl or cyclic N) is 1. The van der Waals surface area contributed by atoms with Gasteiger partial charge in [0, 0.05) is 26.2 Å². The summed E-state index contributed by atoms with van der Waals surface area (Å²) in [5, 5.41) is 12.6. The lowest BCUT2D eigenvalue weighted by atomic mass is 9.94. The van der Waals surface area contributed by atoms with E-state index in [0.29, 0.717) is 11.7 Å². The van der Waals surface area contributed by atoms with Crippen LogP contribution < -0.4 is 5.32 Å². The van der Waals surface area contributed by atoms with Crippen molar-refractivity contribution in [2.45, 2.75) is 52.1 Å². The van der Waals surface area contributed by atoms with Gasteiger partial charge in [-0.05, 0) is 55.8 Å². The Bertz CT molecular complexity index is 507. The number of pyridine rings is 1. The second kappa shape index (κ2) is 8.99. The molecule has 2 unspecified atom stereocenters. The van der Waals surface area contributed by atoms with Gasteiger partial charge in [-0.3, -0.25) is 4.79 Å². The topological polar surface area (TPSA) is 65.5 Å². The third-order valence-electron chi connectivity index (χ3n) is 4.35. The number of likely N-dealkylation sites (tertiary alicyclic amines) is 1. The molecule has 128 valence electrons. The fourth-order valence-corrected chi connectivity index (χ4v) is 3.41. The first-order valence-corrected chi connectivity index (χ1v) is 8.69. The van der Waals surface area contributed by atoms with Crippen LogP contribution in [0.25, 0.3) is 0 Å². The molecule has 2 atom stereocenters. The molecular weight excluding hydrogens is 290 g/mol. The minimum Gasteiger partial charge on any atom is -0.392 e. The summed E-state index contributed by atoms with van der Waals surface area (Å²) >= 11 is 0. The third-order valence-corrected chi connectivity index (χ3v) is 4.35. The number of amides is 1. The maximum absolute atomic E-state index is 11.2. The largest absolute Gasteiger partial charge is 0.392 e. The van der Waals surface area contributed by atoms with E-state index in [2.05, 4.69) is 22.1 Å². The predicted molar refractivity (Wildman–Crippen MR) is 92.3 cm³/mol. The van der Waals surface area contributed by atoms with Crippen LogP contribution in [0.5, 0.6) is 0 Å². The summed E-state index contributed by atoms with van der Waals surface area (Å²) in [6.07, 6.45) is 6.92. The number of piperidine rings is 1. The number of hydrogen-bond donors (Lipinski definition) is 2. The highest BCUT2D eigenvalue weighted by molar-refractivity contribution is 5.87. The molecule has 0 aromatic carbocycles. The SMILES string of the molecule is CCCC(Cc1ccnc(NC(C)=O)c1)CN1CCCC(O)C1. The molecule has 0 saturated carbocycles. The van der Waals surface area contributed by atoms with Gasteiger partial charge in [-0.1, -0.05) is 13.3 Å². The number of aliphatic hydroxyl groups is 1. The molecule has 23 heavy (non-hydrogen) atoms. The van der Waals surface area contributed by atoms with Crippen molar-refractivity contribution in [1.29, 1.82) is 0 Å². The van der Waals surface area contributed by atoms with Crippen LogP contribution in [-0.4, -0.2) is 46.6 Å². The highest BCUT2D eigenvalue weighted by Crippen LogP contribution is 2.20. The van der Waals surface area contributed by atoms with Crippen LogP contribution in [-0.2, 0) is 11.2 Å². The predicted octanol–water partition coefficient (Wildman–Crippen LogP) is 2.46. The molecule has 0 radical (unpaired) electrons. The van der Waals surface area contributed by atoms with Crippen molar-refractivity contribution in [1.82, 2.24) is 9.88 Å². The van der Waals surface area contributed by atoms with E-state index in [-0.39, 0.29) is 12.0 Å². The minimum absolute atomic E-state index is 0.0953. The lowest BCUT2D eigenvalue weighted by Gasteiger charge is -2.33. The number of aliphatic hydroxyl groups excluding tert-OH is 1. The third kappa shape index (κ3) is 6.28. The number of anilines is 1. The first-order valence-electron chi connectivity index (χ1n) is 8.69. The van der Waals surface area contributed by atoms with E-state index in [0.717, 1.165) is 45.3 Å². The summed E-state index contributed by atoms with van der Waals surface area (Å²) in [5.74, 6) is 1.10. The van der Waals surface area contributed by atoms with Gasteiger partial charge in [0.25, 0.3) is 0 Å². The van der Waals surface area contributed by atoms with Crippen molar-refractivity contribution in [2.24, 2.45) is 5.92 Å². The second-order valence-corrected chi connectivity index (χ2v) is 6.64. The quantitative estimate of drug-likeness (QED) is 0.810. The minimum atomic E-state index is -0.168. The Balaban J connectivity index is 1.96. The molecule has 1 aliphatic heterocycles. The van der Waals surface area contributed by atoms with E-state index in [9.17, 15) is 9.90 Å². The Hall–Kier alpha value is -1.46. The molecule has 1 fully saturated rings. The summed E-state index contributed by atoms with van der Waals surface area (Å²) in [7, 11) is 0. The summed E-state index contributed by atoms with van der Waals surface area (Å²) in [6.45, 7) is 6.63. The van der Waals surface area contributed by atoms with Crippen LogP contribution in [0, 0.1) is 5.92 Å². The molecule has 0 spiro atoms. The first kappa shape index (κ1) is 17.9. The number of carbonyl (C=O) groups excluding carboxylic acids is 1. The van der Waals surface area contributed by atoms with Crippen LogP contribution >= 0.6 is 0 Å². The summed E-state index contributed by atoms with van der Waals surface area (Å²) in [4.78, 5) is 17.7. The number of rotatable bonds is 7. The molecule has 5 heteroatoms. The van der Waals surface area contributed by atoms with Gasteiger partial charge < -0.3 is 15.3 Å². The second-order valence-electron chi connectivity index (χ2n) is 6.64. The Labute approximate surface area is 139 Å². The molecule has 1 aromatic heterocycles. The van der Waals surface area contributed by atoms with Crippen LogP contribution in [0.4, 0.5) is 5.82 Å². The zero-order valence-electron chi connectivity index (χ0n) is 14.3. The highest BCUT2D eigenvalue weighted by atomic mass is 16.3. The van der Waals surface area contributed by atoms with Gasteiger partial charge >= 0.3 is 0 Å². The van der Waals surface area contributed by atoms with Crippen molar-refractivity contribution in [3.63, 3.8) is 0 Å². The van der Waals surface area contributed by atoms with E-state index >= 15 is 0 Å². The lowest BCUT2D eigenvalue weighted by molar-refractivity contribution is -0.114. The van der Waals surface area contributed by atoms with Crippen LogP contribution in [0.15, 0.2) is 18.3 Å². The van der Waals surface area contributed by atoms with E-state index in [4.69, 9.17) is 0 Å². The maximum Gasteiger partial charge on any atom is 0.222 e. The Morgan fingerprint density at radius 3 is 3.09 bits per heavy atom. The van der Waals surface area contributed by atoms with Gasteiger partial charge in [0.1, 0.15) is 5.82 Å². The molecule has 1 aliphatic rings. The van der Waals surface area contributed by atoms with Gasteiger partial charge in [0.15, 0.2) is 0 Å². The molecule has 0 bridgehead atoms. The van der Waals surface area contributed by atoms with E-state index < -0.39 is 0 Å². The summed E-state index contributed by atoms with van der Waals surface area (Å²) < 4.78 is 0. The number of carbonyl (C=O) groups is 1. The van der Waals surface area contributed by atoms with Crippen molar-refractivity contribution >= 4 is 11.7 Å². The average molecular weight is 319 g/mol. The summed E-state index contributed by atoms with van der Waals surface area (Å²) in [6, 6.07) is 3.99. The van der Waals surface area contributed by atoms with E-state index in [1.807, 2.05) is 12.1 Å². The monoisotopic (exact) mass is 319 g/mol. The van der Waals surface area contributed by atoms with Crippen molar-refractivity contribution < 1.29 is 9.90 Å². The Kier molecular flexibility index (Phi) is 6.99. The lowest BCUT2D eigenvalue weighted by Crippen LogP contribution is -2.41. The fraction of sp³-hybridized carbons (Fsp3) is 0.667. The normalized spacial score (nSPS) is 20.2. The zero-order valence-corrected chi connectivity index (χ0v) is 14.3. The molecule has 2 N–H and O–H groups in total. The van der Waals surface area contributed by atoms with Crippen LogP contribution in [0.2, 0.25) is 0 Å². The van der Waals surface area contributed by atoms with E-state index in [1.165, 1.54) is 18.9 Å². The van der Waals surface area contributed by atoms with Gasteiger partial charge in [0.05, 0.1) is 6.10 Å². The average Bonchev–Trinajstić information content (AvgIpc) is 2.47. The number of nitrogens with zero attached hydrogens (tertiary/aromatic N) is 2. The Morgan fingerprint density at radius 2 is 2.39 bits per heavy atom. The fourth-order valence-electron chi connectivity index (χ4n) is 3.41. The van der Waals surface area contributed by atoms with Gasteiger partial charge in [-0.15, -0.1) is 0 Å². The van der Waals surface area contributed by atoms with Crippen LogP contribution in [0.3, 0.4) is 0 Å². The molecule has 1 aromatic rings. The molecule has 2 rings (SSSR count). The summed E-state index contributed by atoms with van der Waals surface area (Å²) in [5.41, 5.74) is 1.21. The molecule has 0 aliphatic carbocycles. The Morgan fingerprint density at radius 1 is 1.57 bits per heavy atom. The molecular formula is C18H29N3O2. The van der Waals surface area contributed by atoms with Crippen molar-refractivity contribution in [3.05, 3.63) is 23.9 Å². The standard InChI is InChI=1S/C18H29N3O2/c1-3-5-16(12-21-9-4-6-17(23)13-21)10-15-7-8-19-18(11-15)20-14(2)22/h7-8,11,16-17,23H,3-6,9-10,12-13H2,1-2H3,(H,19,20,22). The van der Waals surface area contributed by atoms with Crippen LogP contribution in [0.1, 0.15) is 45.1 Å². The number of nitrogens with one attached hydrogen (secondary N) is 1. The van der Waals surface area contributed by atoms with Gasteiger partial charge in [-0.2, -0.15) is 0 Å². The zero-order chi connectivity index (χ0) is 16.7. The number of hydrogen-bond acceptors (Lipinski definition) is 4. The van der Waals surface area contributed by atoms with Gasteiger partial charge in [-0.25, -0.2) is 4.98 Å². The van der Waals surface area contributed by atoms with Crippen molar-refractivity contribution in [2.75, 3.05) is 25.0 Å².